The molecule has 302 valence electrons. The predicted molar refractivity (Wildman–Crippen MR) is 275 cm³/mol. The maximum atomic E-state index is 3.99. The van der Waals surface area contributed by atoms with Gasteiger partial charge in [0, 0.05) is 22.3 Å². The van der Waals surface area contributed by atoms with E-state index in [0.717, 1.165) is 68.7 Å². The van der Waals surface area contributed by atoms with E-state index in [4.69, 9.17) is 0 Å². The molecule has 0 aliphatic heterocycles. The van der Waals surface area contributed by atoms with Crippen molar-refractivity contribution in [3.8, 4) is 44.5 Å². The maximum Gasteiger partial charge on any atom is 0.0465 e. The number of fused-ring (bicyclic) bond motifs is 2. The summed E-state index contributed by atoms with van der Waals surface area (Å²) in [4.78, 5) is 2.52. The maximum absolute atomic E-state index is 3.99. The molecule has 0 N–H and O–H groups in total. The number of nitrogens with zero attached hydrogens (tertiary/aromatic N) is 1. The van der Waals surface area contributed by atoms with Crippen molar-refractivity contribution >= 4 is 52.1 Å². The van der Waals surface area contributed by atoms with Crippen LogP contribution in [0.25, 0.3) is 85.3 Å². The van der Waals surface area contributed by atoms with Crippen LogP contribution in [0.15, 0.2) is 232 Å². The number of anilines is 2. The van der Waals surface area contributed by atoms with Crippen LogP contribution in [-0.2, 0) is 0 Å². The molecule has 0 aromatic heterocycles. The second-order valence-electron chi connectivity index (χ2n) is 15.7. The Kier molecular flexibility index (Phi) is 12.0. The Morgan fingerprint density at radius 2 is 1.00 bits per heavy atom. The van der Waals surface area contributed by atoms with Gasteiger partial charge in [-0.1, -0.05) is 226 Å². The normalized spacial score (nSPS) is 12.4. The molecule has 0 spiro atoms. The lowest BCUT2D eigenvalue weighted by atomic mass is 9.88. The third-order valence-electron chi connectivity index (χ3n) is 11.8. The minimum atomic E-state index is 0.894. The molecule has 63 heavy (non-hydrogen) atoms. The van der Waals surface area contributed by atoms with E-state index in [1.807, 2.05) is 36.5 Å². The molecule has 9 rings (SSSR count). The van der Waals surface area contributed by atoms with Gasteiger partial charge in [0.15, 0.2) is 0 Å². The Balaban J connectivity index is 1.35. The van der Waals surface area contributed by atoms with E-state index in [9.17, 15) is 0 Å². The Bertz CT molecular complexity index is 3240. The fraction of sp³-hybridized carbons (Fsp3) is 0.0323. The lowest BCUT2D eigenvalue weighted by Gasteiger charge is -2.31. The SMILES string of the molecule is C=C/C=C\c1cccc(-c2ccc(N(C3=c4ccccc4=CCC3)c3ccc(-c4ccccc4/C=C\C=C)c(-c4ccccc4/C=C\C=C)c3)cc2-c2cccc3ccccc23)c1. The predicted octanol–water partition coefficient (Wildman–Crippen LogP) is 15.6. The summed E-state index contributed by atoms with van der Waals surface area (Å²) in [6.07, 6.45) is 22.1. The van der Waals surface area contributed by atoms with Crippen LogP contribution in [0.2, 0.25) is 0 Å². The van der Waals surface area contributed by atoms with Crippen LogP contribution in [-0.4, -0.2) is 0 Å². The zero-order chi connectivity index (χ0) is 43.0. The smallest absolute Gasteiger partial charge is 0.0465 e. The quantitative estimate of drug-likeness (QED) is 0.105. The zero-order valence-electron chi connectivity index (χ0n) is 35.5. The molecule has 0 atom stereocenters. The number of hydrogen-bond donors (Lipinski definition) is 0. The van der Waals surface area contributed by atoms with Gasteiger partial charge in [-0.25, -0.2) is 0 Å². The molecule has 0 heterocycles. The number of hydrogen-bond acceptors (Lipinski definition) is 1. The molecule has 1 nitrogen and oxygen atoms in total. The summed E-state index contributed by atoms with van der Waals surface area (Å²) in [5.41, 5.74) is 16.2. The van der Waals surface area contributed by atoms with E-state index in [2.05, 4.69) is 225 Å². The first-order chi connectivity index (χ1) is 31.1. The molecule has 8 aromatic rings. The van der Waals surface area contributed by atoms with E-state index in [-0.39, 0.29) is 0 Å². The van der Waals surface area contributed by atoms with Gasteiger partial charge < -0.3 is 4.90 Å². The molecule has 0 amide bonds. The van der Waals surface area contributed by atoms with E-state index < -0.39 is 0 Å². The van der Waals surface area contributed by atoms with Gasteiger partial charge in [0.2, 0.25) is 0 Å². The molecule has 0 saturated carbocycles. The molecular weight excluding hydrogens is 759 g/mol. The van der Waals surface area contributed by atoms with Crippen LogP contribution in [0.3, 0.4) is 0 Å². The molecule has 1 aliphatic carbocycles. The van der Waals surface area contributed by atoms with Gasteiger partial charge in [0.25, 0.3) is 0 Å². The highest BCUT2D eigenvalue weighted by Gasteiger charge is 2.23. The van der Waals surface area contributed by atoms with Crippen molar-refractivity contribution in [1.82, 2.24) is 0 Å². The lowest BCUT2D eigenvalue weighted by molar-refractivity contribution is 1.03. The summed E-state index contributed by atoms with van der Waals surface area (Å²) >= 11 is 0. The Labute approximate surface area is 372 Å². The zero-order valence-corrected chi connectivity index (χ0v) is 35.5. The molecule has 0 unspecified atom stereocenters. The van der Waals surface area contributed by atoms with Crippen molar-refractivity contribution in [1.29, 1.82) is 0 Å². The molecule has 8 aromatic carbocycles. The second-order valence-corrected chi connectivity index (χ2v) is 15.7. The van der Waals surface area contributed by atoms with Crippen LogP contribution in [0.5, 0.6) is 0 Å². The second kappa shape index (κ2) is 18.7. The summed E-state index contributed by atoms with van der Waals surface area (Å²) in [6.45, 7) is 11.9. The number of benzene rings is 8. The highest BCUT2D eigenvalue weighted by atomic mass is 15.1. The van der Waals surface area contributed by atoms with Crippen molar-refractivity contribution in [3.63, 3.8) is 0 Å². The average molecular weight is 808 g/mol. The number of allylic oxidation sites excluding steroid dienone is 6. The Morgan fingerprint density at radius 1 is 0.429 bits per heavy atom. The van der Waals surface area contributed by atoms with Gasteiger partial charge in [0.05, 0.1) is 0 Å². The van der Waals surface area contributed by atoms with Crippen molar-refractivity contribution in [2.24, 2.45) is 0 Å². The largest absolute Gasteiger partial charge is 0.314 e. The Morgan fingerprint density at radius 3 is 1.75 bits per heavy atom. The standard InChI is InChI=1S/C62H49N/c1-4-7-21-45-22-18-31-50(42-45)56-40-38-51(44-61(56)58-36-19-29-48-27-11-14-32-53(48)58)63(62-37-20-30-49-28-13-17-35-57(49)62)52-39-41-59(54-33-15-10-25-46(54)23-8-5-2)60(43-52)55-34-16-12-26-47(55)24-9-6-3/h4-19,21-36,38-44H,1-3,20,37H2/b21-7-,23-8-,24-9-. The average Bonchev–Trinajstić information content (AvgIpc) is 3.34. The molecule has 0 saturated heterocycles. The summed E-state index contributed by atoms with van der Waals surface area (Å²) in [6, 6.07) is 64.4. The molecular formula is C62H49N. The van der Waals surface area contributed by atoms with Gasteiger partial charge in [-0.2, -0.15) is 0 Å². The summed E-state index contributed by atoms with van der Waals surface area (Å²) in [7, 11) is 0. The van der Waals surface area contributed by atoms with Crippen molar-refractivity contribution < 1.29 is 0 Å². The first-order valence-electron chi connectivity index (χ1n) is 21.7. The Hall–Kier alpha value is -8.00. The first-order valence-corrected chi connectivity index (χ1v) is 21.7. The van der Waals surface area contributed by atoms with Crippen molar-refractivity contribution in [2.45, 2.75) is 12.8 Å². The van der Waals surface area contributed by atoms with Gasteiger partial charge >= 0.3 is 0 Å². The van der Waals surface area contributed by atoms with Crippen LogP contribution in [0.4, 0.5) is 11.4 Å². The summed E-state index contributed by atoms with van der Waals surface area (Å²) < 4.78 is 0. The van der Waals surface area contributed by atoms with Crippen LogP contribution >= 0.6 is 0 Å². The van der Waals surface area contributed by atoms with Crippen LogP contribution < -0.4 is 15.3 Å². The van der Waals surface area contributed by atoms with Crippen LogP contribution in [0, 0.1) is 0 Å². The van der Waals surface area contributed by atoms with E-state index in [1.54, 1.807) is 0 Å². The van der Waals surface area contributed by atoms with Gasteiger partial charge in [-0.3, -0.25) is 0 Å². The summed E-state index contributed by atoms with van der Waals surface area (Å²) in [5.74, 6) is 0. The number of rotatable bonds is 13. The lowest BCUT2D eigenvalue weighted by Crippen LogP contribution is -2.35. The highest BCUT2D eigenvalue weighted by Crippen LogP contribution is 2.45. The highest BCUT2D eigenvalue weighted by molar-refractivity contribution is 6.02. The topological polar surface area (TPSA) is 3.24 Å². The molecule has 0 bridgehead atoms. The fourth-order valence-electron chi connectivity index (χ4n) is 8.97. The minimum Gasteiger partial charge on any atom is -0.314 e. The van der Waals surface area contributed by atoms with Gasteiger partial charge in [-0.15, -0.1) is 0 Å². The molecule has 1 aliphatic rings. The van der Waals surface area contributed by atoms with Crippen molar-refractivity contribution in [3.05, 3.63) is 259 Å². The first kappa shape index (κ1) is 40.4. The van der Waals surface area contributed by atoms with E-state index in [1.165, 1.54) is 43.6 Å². The minimum absolute atomic E-state index is 0.894. The monoisotopic (exact) mass is 807 g/mol. The third-order valence-corrected chi connectivity index (χ3v) is 11.8. The van der Waals surface area contributed by atoms with E-state index in [0.29, 0.717) is 0 Å². The van der Waals surface area contributed by atoms with Gasteiger partial charge in [-0.05, 0) is 120 Å². The van der Waals surface area contributed by atoms with Crippen molar-refractivity contribution in [2.75, 3.05) is 4.90 Å². The molecule has 0 radical (unpaired) electrons. The van der Waals surface area contributed by atoms with Gasteiger partial charge in [0.1, 0.15) is 0 Å². The van der Waals surface area contributed by atoms with Crippen LogP contribution in [0.1, 0.15) is 29.5 Å². The molecule has 0 fully saturated rings. The fourth-order valence-corrected chi connectivity index (χ4v) is 8.97. The summed E-state index contributed by atoms with van der Waals surface area (Å²) in [5, 5.41) is 4.95. The third kappa shape index (κ3) is 8.38. The molecule has 1 heteroatoms. The van der Waals surface area contributed by atoms with E-state index >= 15 is 0 Å².